The van der Waals surface area contributed by atoms with E-state index in [0.29, 0.717) is 30.0 Å². The normalized spacial score (nSPS) is 31.7. The molecule has 0 amide bonds. The van der Waals surface area contributed by atoms with E-state index in [2.05, 4.69) is 23.7 Å². The molecule has 136 valence electrons. The Balaban J connectivity index is 1.66. The largest absolute Gasteiger partial charge is 0.353 e. The number of rotatable bonds is 4. The molecule has 2 unspecified atom stereocenters. The van der Waals surface area contributed by atoms with Crippen molar-refractivity contribution in [1.82, 2.24) is 10.2 Å². The number of aliphatic imine (C=N–C) groups is 1. The standard InChI is InChI=1S/C18H31N3O2S/c1-3-9-19-17(20-12-16-6-11-24(22,23)13-16)21-10-5-15(2)18(14-21)7-4-8-18/h3,15-16H,1,4-14H2,2H3,(H,19,20). The Morgan fingerprint density at radius 1 is 1.42 bits per heavy atom. The van der Waals surface area contributed by atoms with Gasteiger partial charge in [-0.3, -0.25) is 4.99 Å². The second-order valence-electron chi connectivity index (χ2n) is 7.93. The first-order valence-corrected chi connectivity index (χ1v) is 11.1. The number of sulfone groups is 1. The van der Waals surface area contributed by atoms with Crippen molar-refractivity contribution >= 4 is 15.8 Å². The molecule has 3 fully saturated rings. The zero-order chi connectivity index (χ0) is 17.2. The van der Waals surface area contributed by atoms with Crippen LogP contribution in [0.25, 0.3) is 0 Å². The summed E-state index contributed by atoms with van der Waals surface area (Å²) in [4.78, 5) is 7.20. The first-order chi connectivity index (χ1) is 11.4. The maximum absolute atomic E-state index is 11.6. The molecule has 1 N–H and O–H groups in total. The monoisotopic (exact) mass is 353 g/mol. The number of nitrogens with one attached hydrogen (secondary N) is 1. The highest BCUT2D eigenvalue weighted by atomic mass is 32.2. The highest BCUT2D eigenvalue weighted by Gasteiger charge is 2.46. The first-order valence-electron chi connectivity index (χ1n) is 9.29. The molecule has 0 aromatic heterocycles. The Kier molecular flexibility index (Phi) is 5.23. The second-order valence-corrected chi connectivity index (χ2v) is 10.2. The molecule has 2 aliphatic heterocycles. The third-order valence-corrected chi connectivity index (χ3v) is 8.10. The summed E-state index contributed by atoms with van der Waals surface area (Å²) in [6.07, 6.45) is 7.83. The fourth-order valence-corrected chi connectivity index (χ4v) is 6.25. The van der Waals surface area contributed by atoms with Crippen LogP contribution in [0.5, 0.6) is 0 Å². The number of hydrogen-bond donors (Lipinski definition) is 1. The molecule has 2 atom stereocenters. The van der Waals surface area contributed by atoms with Gasteiger partial charge in [-0.2, -0.15) is 0 Å². The Morgan fingerprint density at radius 2 is 2.21 bits per heavy atom. The number of likely N-dealkylation sites (tertiary alicyclic amines) is 1. The molecule has 0 aromatic rings. The second kappa shape index (κ2) is 7.06. The average Bonchev–Trinajstić information content (AvgIpc) is 2.86. The molecule has 0 bridgehead atoms. The summed E-state index contributed by atoms with van der Waals surface area (Å²) in [5, 5.41) is 3.39. The number of guanidine groups is 1. The Bertz CT molecular complexity index is 595. The number of nitrogens with zero attached hydrogens (tertiary/aromatic N) is 2. The van der Waals surface area contributed by atoms with Gasteiger partial charge in [0.05, 0.1) is 11.5 Å². The first kappa shape index (κ1) is 17.8. The summed E-state index contributed by atoms with van der Waals surface area (Å²) in [6, 6.07) is 0. The lowest BCUT2D eigenvalue weighted by molar-refractivity contribution is -0.00505. The van der Waals surface area contributed by atoms with Gasteiger partial charge in [-0.1, -0.05) is 19.4 Å². The van der Waals surface area contributed by atoms with Gasteiger partial charge in [-0.05, 0) is 42.9 Å². The van der Waals surface area contributed by atoms with Gasteiger partial charge in [-0.25, -0.2) is 8.42 Å². The highest BCUT2D eigenvalue weighted by molar-refractivity contribution is 7.91. The van der Waals surface area contributed by atoms with Gasteiger partial charge in [0.2, 0.25) is 0 Å². The van der Waals surface area contributed by atoms with Crippen LogP contribution in [-0.4, -0.2) is 57.0 Å². The number of piperidine rings is 1. The smallest absolute Gasteiger partial charge is 0.194 e. The number of hydrogen-bond acceptors (Lipinski definition) is 3. The molecule has 2 heterocycles. The molecule has 6 heteroatoms. The molecule has 3 rings (SSSR count). The van der Waals surface area contributed by atoms with Crippen LogP contribution < -0.4 is 5.32 Å². The van der Waals surface area contributed by atoms with Crippen LogP contribution in [-0.2, 0) is 9.84 Å². The van der Waals surface area contributed by atoms with Gasteiger partial charge in [0, 0.05) is 26.2 Å². The van der Waals surface area contributed by atoms with E-state index >= 15 is 0 Å². The minimum absolute atomic E-state index is 0.178. The van der Waals surface area contributed by atoms with Crippen molar-refractivity contribution in [3.8, 4) is 0 Å². The summed E-state index contributed by atoms with van der Waals surface area (Å²) >= 11 is 0. The van der Waals surface area contributed by atoms with E-state index in [1.807, 2.05) is 6.08 Å². The highest BCUT2D eigenvalue weighted by Crippen LogP contribution is 2.50. The van der Waals surface area contributed by atoms with E-state index in [9.17, 15) is 8.42 Å². The van der Waals surface area contributed by atoms with Crippen LogP contribution in [0.3, 0.4) is 0 Å². The Hall–Kier alpha value is -1.04. The maximum atomic E-state index is 11.6. The van der Waals surface area contributed by atoms with E-state index in [4.69, 9.17) is 4.99 Å². The fraction of sp³-hybridized carbons (Fsp3) is 0.833. The molecule has 3 aliphatic rings. The summed E-state index contributed by atoms with van der Waals surface area (Å²) in [5.74, 6) is 2.54. The van der Waals surface area contributed by atoms with Crippen LogP contribution in [0.15, 0.2) is 17.6 Å². The van der Waals surface area contributed by atoms with Crippen LogP contribution in [0, 0.1) is 17.3 Å². The van der Waals surface area contributed by atoms with E-state index < -0.39 is 9.84 Å². The lowest BCUT2D eigenvalue weighted by Gasteiger charge is -2.53. The lowest BCUT2D eigenvalue weighted by atomic mass is 9.59. The summed E-state index contributed by atoms with van der Waals surface area (Å²) in [5.41, 5.74) is 0.478. The molecule has 24 heavy (non-hydrogen) atoms. The van der Waals surface area contributed by atoms with E-state index in [1.54, 1.807) is 0 Å². The van der Waals surface area contributed by atoms with Gasteiger partial charge in [0.15, 0.2) is 15.8 Å². The molecular formula is C18H31N3O2S. The maximum Gasteiger partial charge on any atom is 0.194 e. The summed E-state index contributed by atoms with van der Waals surface area (Å²) in [6.45, 7) is 9.61. The minimum Gasteiger partial charge on any atom is -0.353 e. The fourth-order valence-electron chi connectivity index (χ4n) is 4.40. The topological polar surface area (TPSA) is 61.8 Å². The molecule has 1 spiro atoms. The van der Waals surface area contributed by atoms with Crippen LogP contribution in [0.2, 0.25) is 0 Å². The van der Waals surface area contributed by atoms with E-state index in [-0.39, 0.29) is 5.92 Å². The molecule has 2 saturated heterocycles. The van der Waals surface area contributed by atoms with Gasteiger partial charge in [-0.15, -0.1) is 6.58 Å². The molecular weight excluding hydrogens is 322 g/mol. The van der Waals surface area contributed by atoms with Gasteiger partial charge in [0.25, 0.3) is 0 Å². The van der Waals surface area contributed by atoms with E-state index in [0.717, 1.165) is 31.4 Å². The van der Waals surface area contributed by atoms with E-state index in [1.165, 1.54) is 25.7 Å². The summed E-state index contributed by atoms with van der Waals surface area (Å²) in [7, 11) is -2.83. The van der Waals surface area contributed by atoms with Gasteiger partial charge < -0.3 is 10.2 Å². The van der Waals surface area contributed by atoms with Crippen molar-refractivity contribution < 1.29 is 8.42 Å². The predicted octanol–water partition coefficient (Wildman–Crippen LogP) is 2.06. The van der Waals surface area contributed by atoms with Crippen molar-refractivity contribution in [1.29, 1.82) is 0 Å². The van der Waals surface area contributed by atoms with Crippen molar-refractivity contribution in [2.24, 2.45) is 22.2 Å². The molecule has 1 aliphatic carbocycles. The zero-order valence-electron chi connectivity index (χ0n) is 14.8. The van der Waals surface area contributed by atoms with Crippen LogP contribution >= 0.6 is 0 Å². The summed E-state index contributed by atoms with van der Waals surface area (Å²) < 4.78 is 23.3. The lowest BCUT2D eigenvalue weighted by Crippen LogP contribution is -2.56. The molecule has 1 saturated carbocycles. The average molecular weight is 354 g/mol. The molecule has 0 radical (unpaired) electrons. The third kappa shape index (κ3) is 3.79. The Morgan fingerprint density at radius 3 is 2.79 bits per heavy atom. The minimum atomic E-state index is -2.83. The Labute approximate surface area is 146 Å². The van der Waals surface area contributed by atoms with Crippen molar-refractivity contribution in [2.45, 2.75) is 39.0 Å². The quantitative estimate of drug-likeness (QED) is 0.477. The zero-order valence-corrected chi connectivity index (χ0v) is 15.7. The third-order valence-electron chi connectivity index (χ3n) is 6.26. The van der Waals surface area contributed by atoms with Crippen molar-refractivity contribution in [2.75, 3.05) is 37.7 Å². The van der Waals surface area contributed by atoms with Crippen molar-refractivity contribution in [3.63, 3.8) is 0 Å². The molecule has 0 aromatic carbocycles. The van der Waals surface area contributed by atoms with Crippen LogP contribution in [0.4, 0.5) is 0 Å². The van der Waals surface area contributed by atoms with Gasteiger partial charge >= 0.3 is 0 Å². The predicted molar refractivity (Wildman–Crippen MR) is 98.9 cm³/mol. The van der Waals surface area contributed by atoms with Gasteiger partial charge in [0.1, 0.15) is 0 Å². The SMILES string of the molecule is C=CCNC(=NCC1CCS(=O)(=O)C1)N1CCC(C)C2(CCC2)C1. The molecule has 5 nitrogen and oxygen atoms in total. The van der Waals surface area contributed by atoms with Crippen LogP contribution in [0.1, 0.15) is 39.0 Å². The van der Waals surface area contributed by atoms with Crippen molar-refractivity contribution in [3.05, 3.63) is 12.7 Å².